The lowest BCUT2D eigenvalue weighted by Crippen LogP contribution is -2.47. The van der Waals surface area contributed by atoms with Crippen molar-refractivity contribution in [3.05, 3.63) is 0 Å². The first-order valence-electron chi connectivity index (χ1n) is 5.67. The Labute approximate surface area is 95.8 Å². The van der Waals surface area contributed by atoms with Gasteiger partial charge in [-0.25, -0.2) is 0 Å². The quantitative estimate of drug-likeness (QED) is 0.726. The summed E-state index contributed by atoms with van der Waals surface area (Å²) < 4.78 is 0. The number of carboxylic acids is 1. The fourth-order valence-electron chi connectivity index (χ4n) is 2.14. The fourth-order valence-corrected chi connectivity index (χ4v) is 2.14. The summed E-state index contributed by atoms with van der Waals surface area (Å²) in [5.41, 5.74) is 0. The zero-order valence-electron chi connectivity index (χ0n) is 9.90. The summed E-state index contributed by atoms with van der Waals surface area (Å²) in [5, 5.41) is 11.9. The van der Waals surface area contributed by atoms with E-state index in [1.165, 1.54) is 0 Å². The molecule has 0 radical (unpaired) electrons. The standard InChI is InChI=1S/C11H20N2O3/c1-13(2)7-10(14)12-9-6-4-3-5-8(9)11(15)16/h8-9H,3-7H2,1-2H3,(H,12,14)(H,15,16). The average Bonchev–Trinajstić information content (AvgIpc) is 2.16. The van der Waals surface area contributed by atoms with Gasteiger partial charge in [0.05, 0.1) is 12.5 Å². The number of nitrogens with zero attached hydrogens (tertiary/aromatic N) is 1. The Kier molecular flexibility index (Phi) is 4.73. The van der Waals surface area contributed by atoms with Crippen molar-refractivity contribution < 1.29 is 14.7 Å². The SMILES string of the molecule is CN(C)CC(=O)NC1CCCCC1C(=O)O. The van der Waals surface area contributed by atoms with Gasteiger partial charge in [0.1, 0.15) is 0 Å². The molecular formula is C11H20N2O3. The first-order valence-corrected chi connectivity index (χ1v) is 5.67. The highest BCUT2D eigenvalue weighted by Gasteiger charge is 2.31. The molecule has 16 heavy (non-hydrogen) atoms. The van der Waals surface area contributed by atoms with Gasteiger partial charge in [0.25, 0.3) is 0 Å². The predicted molar refractivity (Wildman–Crippen MR) is 60.1 cm³/mol. The van der Waals surface area contributed by atoms with E-state index in [2.05, 4.69) is 5.32 Å². The smallest absolute Gasteiger partial charge is 0.308 e. The monoisotopic (exact) mass is 228 g/mol. The molecule has 5 nitrogen and oxygen atoms in total. The molecule has 1 fully saturated rings. The van der Waals surface area contributed by atoms with Gasteiger partial charge in [-0.2, -0.15) is 0 Å². The van der Waals surface area contributed by atoms with Crippen molar-refractivity contribution in [3.8, 4) is 0 Å². The van der Waals surface area contributed by atoms with Crippen LogP contribution in [-0.2, 0) is 9.59 Å². The summed E-state index contributed by atoms with van der Waals surface area (Å²) >= 11 is 0. The third-order valence-corrected chi connectivity index (χ3v) is 2.89. The lowest BCUT2D eigenvalue weighted by Gasteiger charge is -2.29. The summed E-state index contributed by atoms with van der Waals surface area (Å²) in [4.78, 5) is 24.3. The minimum absolute atomic E-state index is 0.0943. The van der Waals surface area contributed by atoms with Gasteiger partial charge in [-0.05, 0) is 26.9 Å². The van der Waals surface area contributed by atoms with Crippen LogP contribution in [0.4, 0.5) is 0 Å². The van der Waals surface area contributed by atoms with Crippen molar-refractivity contribution in [1.29, 1.82) is 0 Å². The molecule has 1 amide bonds. The first kappa shape index (κ1) is 13.0. The van der Waals surface area contributed by atoms with Crippen LogP contribution < -0.4 is 5.32 Å². The van der Waals surface area contributed by atoms with Crippen LogP contribution in [0.15, 0.2) is 0 Å². The number of hydrogen-bond donors (Lipinski definition) is 2. The molecule has 0 aliphatic heterocycles. The van der Waals surface area contributed by atoms with Crippen LogP contribution in [0.3, 0.4) is 0 Å². The summed E-state index contributed by atoms with van der Waals surface area (Å²) in [6.07, 6.45) is 3.38. The van der Waals surface area contributed by atoms with Crippen LogP contribution >= 0.6 is 0 Å². The summed E-state index contributed by atoms with van der Waals surface area (Å²) in [5.74, 6) is -1.31. The Morgan fingerprint density at radius 2 is 1.94 bits per heavy atom. The number of likely N-dealkylation sites (N-methyl/N-ethyl adjacent to an activating group) is 1. The Morgan fingerprint density at radius 1 is 1.31 bits per heavy atom. The second-order valence-electron chi connectivity index (χ2n) is 4.64. The third kappa shape index (κ3) is 3.81. The number of nitrogens with one attached hydrogen (secondary N) is 1. The Morgan fingerprint density at radius 3 is 2.50 bits per heavy atom. The average molecular weight is 228 g/mol. The molecule has 5 heteroatoms. The molecule has 2 atom stereocenters. The van der Waals surface area contributed by atoms with Crippen LogP contribution in [0.5, 0.6) is 0 Å². The van der Waals surface area contributed by atoms with Gasteiger partial charge in [-0.15, -0.1) is 0 Å². The summed E-state index contributed by atoms with van der Waals surface area (Å²) in [6, 6.07) is -0.196. The molecule has 0 saturated heterocycles. The summed E-state index contributed by atoms with van der Waals surface area (Å²) in [7, 11) is 3.63. The van der Waals surface area contributed by atoms with E-state index in [-0.39, 0.29) is 11.9 Å². The number of aliphatic carboxylic acids is 1. The van der Waals surface area contributed by atoms with Gasteiger partial charge >= 0.3 is 5.97 Å². The second kappa shape index (κ2) is 5.84. The molecule has 0 spiro atoms. The molecule has 0 heterocycles. The van der Waals surface area contributed by atoms with E-state index in [0.717, 1.165) is 19.3 Å². The van der Waals surface area contributed by atoms with Crippen molar-refractivity contribution in [2.45, 2.75) is 31.7 Å². The van der Waals surface area contributed by atoms with Gasteiger partial charge in [-0.3, -0.25) is 9.59 Å². The van der Waals surface area contributed by atoms with E-state index in [9.17, 15) is 9.59 Å². The molecule has 1 rings (SSSR count). The second-order valence-corrected chi connectivity index (χ2v) is 4.64. The van der Waals surface area contributed by atoms with Crippen LogP contribution in [0.2, 0.25) is 0 Å². The number of carbonyl (C=O) groups is 2. The zero-order valence-corrected chi connectivity index (χ0v) is 9.90. The Balaban J connectivity index is 2.49. The van der Waals surface area contributed by atoms with Crippen molar-refractivity contribution in [3.63, 3.8) is 0 Å². The van der Waals surface area contributed by atoms with E-state index >= 15 is 0 Å². The van der Waals surface area contributed by atoms with Gasteiger partial charge < -0.3 is 15.3 Å². The van der Waals surface area contributed by atoms with Crippen molar-refractivity contribution >= 4 is 11.9 Å². The van der Waals surface area contributed by atoms with Crippen molar-refractivity contribution in [1.82, 2.24) is 10.2 Å². The maximum atomic E-state index is 11.5. The number of amides is 1. The van der Waals surface area contributed by atoms with Gasteiger partial charge in [0.2, 0.25) is 5.91 Å². The maximum Gasteiger partial charge on any atom is 0.308 e. The van der Waals surface area contributed by atoms with E-state index < -0.39 is 11.9 Å². The molecule has 0 bridgehead atoms. The topological polar surface area (TPSA) is 69.6 Å². The molecule has 1 saturated carbocycles. The minimum Gasteiger partial charge on any atom is -0.481 e. The van der Waals surface area contributed by atoms with Crippen LogP contribution in [-0.4, -0.2) is 48.6 Å². The van der Waals surface area contributed by atoms with Crippen LogP contribution in [0, 0.1) is 5.92 Å². The van der Waals surface area contributed by atoms with E-state index in [4.69, 9.17) is 5.11 Å². The van der Waals surface area contributed by atoms with E-state index in [1.807, 2.05) is 14.1 Å². The normalized spacial score (nSPS) is 25.4. The highest BCUT2D eigenvalue weighted by Crippen LogP contribution is 2.24. The molecule has 1 aliphatic carbocycles. The molecular weight excluding hydrogens is 208 g/mol. The largest absolute Gasteiger partial charge is 0.481 e. The van der Waals surface area contributed by atoms with Crippen molar-refractivity contribution in [2.75, 3.05) is 20.6 Å². The van der Waals surface area contributed by atoms with Crippen LogP contribution in [0.1, 0.15) is 25.7 Å². The number of hydrogen-bond acceptors (Lipinski definition) is 3. The summed E-state index contributed by atoms with van der Waals surface area (Å²) in [6.45, 7) is 0.308. The molecule has 2 N–H and O–H groups in total. The highest BCUT2D eigenvalue weighted by atomic mass is 16.4. The van der Waals surface area contributed by atoms with Gasteiger partial charge in [0, 0.05) is 6.04 Å². The molecule has 1 aliphatic rings. The molecule has 2 unspecified atom stereocenters. The van der Waals surface area contributed by atoms with E-state index in [0.29, 0.717) is 13.0 Å². The molecule has 0 aromatic carbocycles. The zero-order chi connectivity index (χ0) is 12.1. The lowest BCUT2D eigenvalue weighted by molar-refractivity contribution is -0.144. The lowest BCUT2D eigenvalue weighted by atomic mass is 9.84. The Hall–Kier alpha value is -1.10. The molecule has 0 aromatic heterocycles. The predicted octanol–water partition coefficient (Wildman–Crippen LogP) is 0.308. The molecule has 0 aromatic rings. The Bertz CT molecular complexity index is 266. The number of carbonyl (C=O) groups excluding carboxylic acids is 1. The maximum absolute atomic E-state index is 11.5. The first-order chi connectivity index (χ1) is 7.50. The number of rotatable bonds is 4. The molecule has 92 valence electrons. The van der Waals surface area contributed by atoms with Gasteiger partial charge in [0.15, 0.2) is 0 Å². The van der Waals surface area contributed by atoms with Gasteiger partial charge in [-0.1, -0.05) is 12.8 Å². The fraction of sp³-hybridized carbons (Fsp3) is 0.818. The van der Waals surface area contributed by atoms with E-state index in [1.54, 1.807) is 4.90 Å². The number of carboxylic acid groups (broad SMARTS) is 1. The highest BCUT2D eigenvalue weighted by molar-refractivity contribution is 5.79. The minimum atomic E-state index is -0.796. The van der Waals surface area contributed by atoms with Crippen LogP contribution in [0.25, 0.3) is 0 Å². The third-order valence-electron chi connectivity index (χ3n) is 2.89. The van der Waals surface area contributed by atoms with Crippen molar-refractivity contribution in [2.24, 2.45) is 5.92 Å².